The van der Waals surface area contributed by atoms with Gasteiger partial charge in [-0.25, -0.2) is 4.99 Å². The topological polar surface area (TPSA) is 110 Å². The SMILES string of the molecule is CCC1C=CCCC2(CC3CCC4C(C(=O)OCCCCCCCCCCCCCCCC(=O)O)C5(CCCC(C)O5)N=C(N2)N34)O1. The number of carbonyl (C=O) groups is 2. The molecule has 9 nitrogen and oxygen atoms in total. The summed E-state index contributed by atoms with van der Waals surface area (Å²) in [6.45, 7) is 4.76. The number of nitrogens with one attached hydrogen (secondary N) is 1. The number of unbranched alkanes of at least 4 members (excludes halogenated alkanes) is 12. The fraction of sp³-hybridized carbons (Fsp3) is 0.868. The summed E-state index contributed by atoms with van der Waals surface area (Å²) in [4.78, 5) is 32.3. The number of hydrogen-bond donors (Lipinski definition) is 2. The Kier molecular flexibility index (Phi) is 13.5. The molecule has 0 aromatic carbocycles. The number of guanidine groups is 1. The van der Waals surface area contributed by atoms with Gasteiger partial charge in [0, 0.05) is 18.9 Å². The van der Waals surface area contributed by atoms with Gasteiger partial charge >= 0.3 is 11.9 Å². The molecule has 9 heteroatoms. The van der Waals surface area contributed by atoms with Gasteiger partial charge in [-0.15, -0.1) is 0 Å². The third-order valence-electron chi connectivity index (χ3n) is 11.3. The lowest BCUT2D eigenvalue weighted by Gasteiger charge is -2.55. The van der Waals surface area contributed by atoms with Crippen molar-refractivity contribution in [3.8, 4) is 0 Å². The fourth-order valence-corrected chi connectivity index (χ4v) is 8.87. The van der Waals surface area contributed by atoms with E-state index in [-0.39, 0.29) is 24.2 Å². The molecule has 7 atom stereocenters. The van der Waals surface area contributed by atoms with Crippen LogP contribution in [0.3, 0.4) is 0 Å². The van der Waals surface area contributed by atoms with Gasteiger partial charge in [0.15, 0.2) is 11.7 Å². The minimum atomic E-state index is -0.876. The average Bonchev–Trinajstić information content (AvgIpc) is 3.34. The number of carboxylic acids is 1. The molecule has 0 bridgehead atoms. The standard InChI is InChI=1S/C38H63N3O6/c1-3-31-21-16-17-25-37(47-31)28-30-23-24-32-34(38(26-19-20-29(2)46-38)40-36(39-37)41(30)32)35(44)45-27-18-14-12-10-8-6-4-5-7-9-11-13-15-22-33(42)43/h16,21,29-32,34H,3-15,17-20,22-28H2,1-2H3,(H,39,40)(H,42,43). The molecule has 266 valence electrons. The van der Waals surface area contributed by atoms with Gasteiger partial charge in [0.2, 0.25) is 0 Å². The van der Waals surface area contributed by atoms with Crippen LogP contribution in [0.1, 0.15) is 162 Å². The summed E-state index contributed by atoms with van der Waals surface area (Å²) in [5, 5.41) is 12.5. The third kappa shape index (κ3) is 9.52. The molecule has 47 heavy (non-hydrogen) atoms. The molecule has 5 rings (SSSR count). The number of ether oxygens (including phenoxy) is 3. The molecule has 3 fully saturated rings. The predicted molar refractivity (Wildman–Crippen MR) is 184 cm³/mol. The van der Waals surface area contributed by atoms with Gasteiger partial charge in [-0.05, 0) is 71.1 Å². The van der Waals surface area contributed by atoms with Crippen LogP contribution in [0.2, 0.25) is 0 Å². The van der Waals surface area contributed by atoms with Gasteiger partial charge in [0.05, 0.1) is 24.9 Å². The van der Waals surface area contributed by atoms with E-state index in [1.54, 1.807) is 0 Å². The van der Waals surface area contributed by atoms with Gasteiger partial charge in [-0.2, -0.15) is 0 Å². The number of nitrogens with zero attached hydrogens (tertiary/aromatic N) is 2. The maximum Gasteiger partial charge on any atom is 0.316 e. The average molecular weight is 658 g/mol. The number of carbonyl (C=O) groups excluding carboxylic acids is 1. The summed E-state index contributed by atoms with van der Waals surface area (Å²) >= 11 is 0. The highest BCUT2D eigenvalue weighted by molar-refractivity contribution is 5.87. The van der Waals surface area contributed by atoms with Gasteiger partial charge in [-0.3, -0.25) is 9.59 Å². The highest BCUT2D eigenvalue weighted by atomic mass is 16.6. The van der Waals surface area contributed by atoms with E-state index >= 15 is 0 Å². The number of carboxylic acid groups (broad SMARTS) is 1. The Morgan fingerprint density at radius 3 is 2.30 bits per heavy atom. The Morgan fingerprint density at radius 2 is 1.64 bits per heavy atom. The molecular formula is C38H63N3O6. The van der Waals surface area contributed by atoms with Gasteiger partial charge < -0.3 is 29.5 Å². The number of aliphatic carboxylic acids is 1. The van der Waals surface area contributed by atoms with E-state index in [1.807, 2.05) is 0 Å². The quantitative estimate of drug-likeness (QED) is 0.0867. The molecular weight excluding hydrogens is 594 g/mol. The van der Waals surface area contributed by atoms with Crippen LogP contribution in [0.25, 0.3) is 0 Å². The maximum absolute atomic E-state index is 13.9. The van der Waals surface area contributed by atoms with Crippen molar-refractivity contribution in [3.63, 3.8) is 0 Å². The summed E-state index contributed by atoms with van der Waals surface area (Å²) in [5.41, 5.74) is -1.31. The smallest absolute Gasteiger partial charge is 0.316 e. The van der Waals surface area contributed by atoms with Gasteiger partial charge in [-0.1, -0.05) is 89.7 Å². The number of aliphatic imine (C=N–C) groups is 1. The highest BCUT2D eigenvalue weighted by Gasteiger charge is 2.62. The van der Waals surface area contributed by atoms with Crippen LogP contribution in [0, 0.1) is 5.92 Å². The Hall–Kier alpha value is -2.13. The highest BCUT2D eigenvalue weighted by Crippen LogP contribution is 2.50. The molecule has 7 unspecified atom stereocenters. The predicted octanol–water partition coefficient (Wildman–Crippen LogP) is 8.01. The van der Waals surface area contributed by atoms with E-state index < -0.39 is 23.3 Å². The lowest BCUT2D eigenvalue weighted by Crippen LogP contribution is -2.71. The molecule has 0 aliphatic carbocycles. The minimum absolute atomic E-state index is 0.0398. The zero-order chi connectivity index (χ0) is 33.1. The van der Waals surface area contributed by atoms with Crippen molar-refractivity contribution in [2.24, 2.45) is 10.9 Å². The normalized spacial score (nSPS) is 32.9. The Bertz CT molecular complexity index is 1080. The van der Waals surface area contributed by atoms with Crippen LogP contribution >= 0.6 is 0 Å². The molecule has 0 aromatic rings. The van der Waals surface area contributed by atoms with E-state index in [9.17, 15) is 9.59 Å². The van der Waals surface area contributed by atoms with E-state index in [2.05, 4.69) is 36.2 Å². The first-order valence-electron chi connectivity index (χ1n) is 19.4. The molecule has 2 N–H and O–H groups in total. The first-order valence-corrected chi connectivity index (χ1v) is 19.4. The Balaban J connectivity index is 1.06. The Labute approximate surface area is 283 Å². The molecule has 0 aromatic heterocycles. The molecule has 0 amide bonds. The van der Waals surface area contributed by atoms with Crippen molar-refractivity contribution in [3.05, 3.63) is 12.2 Å². The van der Waals surface area contributed by atoms with Gasteiger partial charge in [0.25, 0.3) is 0 Å². The lowest BCUT2D eigenvalue weighted by atomic mass is 9.80. The van der Waals surface area contributed by atoms with Crippen molar-refractivity contribution in [2.45, 2.75) is 197 Å². The monoisotopic (exact) mass is 657 g/mol. The van der Waals surface area contributed by atoms with Crippen molar-refractivity contribution >= 4 is 17.9 Å². The number of hydrogen-bond acceptors (Lipinski definition) is 8. The molecule has 0 radical (unpaired) electrons. The molecule has 5 aliphatic heterocycles. The second kappa shape index (κ2) is 17.5. The summed E-state index contributed by atoms with van der Waals surface area (Å²) in [5.74, 6) is -0.345. The molecule has 2 spiro atoms. The maximum atomic E-state index is 13.9. The van der Waals surface area contributed by atoms with Crippen molar-refractivity contribution in [1.29, 1.82) is 0 Å². The van der Waals surface area contributed by atoms with E-state index in [0.717, 1.165) is 95.9 Å². The van der Waals surface area contributed by atoms with Crippen LogP contribution in [-0.2, 0) is 23.8 Å². The zero-order valence-electron chi connectivity index (χ0n) is 29.4. The number of rotatable bonds is 18. The first-order chi connectivity index (χ1) is 22.8. The van der Waals surface area contributed by atoms with Crippen molar-refractivity contribution < 1.29 is 28.9 Å². The molecule has 5 heterocycles. The van der Waals surface area contributed by atoms with E-state index in [4.69, 9.17) is 24.3 Å². The molecule has 0 saturated carbocycles. The number of allylic oxidation sites excluding steroid dienone is 1. The van der Waals surface area contributed by atoms with Crippen LogP contribution in [0.4, 0.5) is 0 Å². The van der Waals surface area contributed by atoms with E-state index in [1.165, 1.54) is 51.4 Å². The summed E-state index contributed by atoms with van der Waals surface area (Å²) in [6.07, 6.45) is 28.5. The van der Waals surface area contributed by atoms with Crippen molar-refractivity contribution in [2.75, 3.05) is 6.61 Å². The second-order valence-corrected chi connectivity index (χ2v) is 15.0. The van der Waals surface area contributed by atoms with E-state index in [0.29, 0.717) is 19.1 Å². The summed E-state index contributed by atoms with van der Waals surface area (Å²) in [6, 6.07) is 0.345. The molecule has 5 aliphatic rings. The van der Waals surface area contributed by atoms with Gasteiger partial charge in [0.1, 0.15) is 11.6 Å². The third-order valence-corrected chi connectivity index (χ3v) is 11.3. The lowest BCUT2D eigenvalue weighted by molar-refractivity contribution is -0.194. The fourth-order valence-electron chi connectivity index (χ4n) is 8.87. The summed E-state index contributed by atoms with van der Waals surface area (Å²) in [7, 11) is 0. The summed E-state index contributed by atoms with van der Waals surface area (Å²) < 4.78 is 19.5. The largest absolute Gasteiger partial charge is 0.481 e. The Morgan fingerprint density at radius 1 is 0.957 bits per heavy atom. The minimum Gasteiger partial charge on any atom is -0.481 e. The van der Waals surface area contributed by atoms with Crippen LogP contribution in [-0.4, -0.2) is 70.3 Å². The molecule has 3 saturated heterocycles. The second-order valence-electron chi connectivity index (χ2n) is 15.0. The first kappa shape index (κ1) is 36.2. The number of esters is 1. The van der Waals surface area contributed by atoms with Crippen LogP contribution < -0.4 is 5.32 Å². The zero-order valence-corrected chi connectivity index (χ0v) is 29.4. The van der Waals surface area contributed by atoms with Crippen LogP contribution in [0.15, 0.2) is 17.1 Å². The van der Waals surface area contributed by atoms with Crippen molar-refractivity contribution in [1.82, 2.24) is 10.2 Å². The van der Waals surface area contributed by atoms with Crippen LogP contribution in [0.5, 0.6) is 0 Å².